The molecular weight excluding hydrogens is 523 g/mol. The Kier molecular flexibility index (Phi) is 12.5. The van der Waals surface area contributed by atoms with Crippen LogP contribution in [-0.2, 0) is 15.9 Å². The SMILES string of the molecule is COC(=O)c1nc(NCCCN(C)C)sc1CCCOc1ccc(C#CCN(C)C(=O)OC(C)(C)C)cc1F. The molecule has 1 heterocycles. The quantitative estimate of drug-likeness (QED) is 0.227. The van der Waals surface area contributed by atoms with Gasteiger partial charge in [0.1, 0.15) is 5.60 Å². The molecule has 0 aliphatic carbocycles. The van der Waals surface area contributed by atoms with E-state index < -0.39 is 23.5 Å². The number of nitrogens with zero attached hydrogens (tertiary/aromatic N) is 3. The zero-order valence-corrected chi connectivity index (χ0v) is 24.7. The van der Waals surface area contributed by atoms with Gasteiger partial charge in [-0.15, -0.1) is 11.3 Å². The fraction of sp³-hybridized carbons (Fsp3) is 0.536. The first-order valence-electron chi connectivity index (χ1n) is 12.7. The number of rotatable bonds is 12. The van der Waals surface area contributed by atoms with E-state index in [2.05, 4.69) is 27.0 Å². The van der Waals surface area contributed by atoms with Gasteiger partial charge in [-0.1, -0.05) is 11.8 Å². The predicted molar refractivity (Wildman–Crippen MR) is 151 cm³/mol. The van der Waals surface area contributed by atoms with Crippen molar-refractivity contribution in [2.24, 2.45) is 0 Å². The van der Waals surface area contributed by atoms with E-state index >= 15 is 0 Å². The molecule has 0 aliphatic heterocycles. The van der Waals surface area contributed by atoms with Crippen LogP contribution in [0.5, 0.6) is 5.75 Å². The summed E-state index contributed by atoms with van der Waals surface area (Å²) in [6, 6.07) is 4.48. The minimum atomic E-state index is -0.589. The molecule has 2 rings (SSSR count). The van der Waals surface area contributed by atoms with Gasteiger partial charge >= 0.3 is 12.1 Å². The van der Waals surface area contributed by atoms with Crippen LogP contribution < -0.4 is 10.1 Å². The maximum absolute atomic E-state index is 14.6. The number of benzene rings is 1. The summed E-state index contributed by atoms with van der Waals surface area (Å²) in [6.45, 7) is 7.47. The van der Waals surface area contributed by atoms with Gasteiger partial charge in [0, 0.05) is 24.0 Å². The fourth-order valence-electron chi connectivity index (χ4n) is 3.22. The molecule has 0 unspecified atom stereocenters. The van der Waals surface area contributed by atoms with Crippen LogP contribution in [0.15, 0.2) is 18.2 Å². The molecule has 1 aromatic carbocycles. The van der Waals surface area contributed by atoms with Gasteiger partial charge < -0.3 is 29.3 Å². The van der Waals surface area contributed by atoms with Crippen molar-refractivity contribution in [3.63, 3.8) is 0 Å². The largest absolute Gasteiger partial charge is 0.491 e. The van der Waals surface area contributed by atoms with E-state index in [9.17, 15) is 14.0 Å². The molecule has 0 bridgehead atoms. The number of halogens is 1. The highest BCUT2D eigenvalue weighted by Crippen LogP contribution is 2.26. The second-order valence-electron chi connectivity index (χ2n) is 10.1. The van der Waals surface area contributed by atoms with Gasteiger partial charge in [-0.05, 0) is 78.9 Å². The van der Waals surface area contributed by atoms with E-state index in [1.54, 1.807) is 33.9 Å². The minimum Gasteiger partial charge on any atom is -0.491 e. The Morgan fingerprint density at radius 1 is 1.18 bits per heavy atom. The van der Waals surface area contributed by atoms with Gasteiger partial charge in [0.15, 0.2) is 22.4 Å². The molecule has 39 heavy (non-hydrogen) atoms. The molecule has 214 valence electrons. The van der Waals surface area contributed by atoms with E-state index in [0.29, 0.717) is 29.2 Å². The average Bonchev–Trinajstić information content (AvgIpc) is 3.26. The fourth-order valence-corrected chi connectivity index (χ4v) is 4.24. The third-order valence-corrected chi connectivity index (χ3v) is 6.20. The van der Waals surface area contributed by atoms with E-state index in [4.69, 9.17) is 14.2 Å². The topological polar surface area (TPSA) is 93.2 Å². The number of nitrogens with one attached hydrogen (secondary N) is 1. The zero-order valence-electron chi connectivity index (χ0n) is 23.9. The molecule has 0 saturated carbocycles. The van der Waals surface area contributed by atoms with Crippen LogP contribution in [0, 0.1) is 17.7 Å². The Bertz CT molecular complexity index is 1170. The lowest BCUT2D eigenvalue weighted by molar-refractivity contribution is 0.0320. The third kappa shape index (κ3) is 11.5. The van der Waals surface area contributed by atoms with Gasteiger partial charge in [0.05, 0.1) is 20.3 Å². The van der Waals surface area contributed by atoms with E-state index in [-0.39, 0.29) is 18.9 Å². The lowest BCUT2D eigenvalue weighted by Crippen LogP contribution is -2.34. The number of esters is 1. The number of methoxy groups -OCH3 is 1. The van der Waals surface area contributed by atoms with E-state index in [1.165, 1.54) is 35.5 Å². The molecule has 1 aromatic heterocycles. The summed E-state index contributed by atoms with van der Waals surface area (Å²) in [6.07, 6.45) is 1.57. The molecule has 0 aliphatic rings. The first-order chi connectivity index (χ1) is 18.4. The van der Waals surface area contributed by atoms with E-state index in [1.807, 2.05) is 14.1 Å². The highest BCUT2D eigenvalue weighted by Gasteiger charge is 2.20. The summed E-state index contributed by atoms with van der Waals surface area (Å²) in [5.74, 6) is 4.80. The summed E-state index contributed by atoms with van der Waals surface area (Å²) in [7, 11) is 6.95. The second kappa shape index (κ2) is 15.3. The predicted octanol–water partition coefficient (Wildman–Crippen LogP) is 4.66. The third-order valence-electron chi connectivity index (χ3n) is 5.13. The highest BCUT2D eigenvalue weighted by molar-refractivity contribution is 7.15. The Labute approximate surface area is 234 Å². The van der Waals surface area contributed by atoms with Crippen molar-refractivity contribution in [3.8, 4) is 17.6 Å². The molecule has 0 spiro atoms. The zero-order chi connectivity index (χ0) is 29.0. The summed E-state index contributed by atoms with van der Waals surface area (Å²) in [5.41, 5.74) is 0.174. The first kappa shape index (κ1) is 31.9. The van der Waals surface area contributed by atoms with Crippen LogP contribution in [-0.4, -0.2) is 86.9 Å². The average molecular weight is 563 g/mol. The summed E-state index contributed by atoms with van der Waals surface area (Å²) < 4.78 is 30.3. The molecule has 0 radical (unpaired) electrons. The van der Waals surface area contributed by atoms with Crippen molar-refractivity contribution in [2.45, 2.75) is 45.6 Å². The molecule has 11 heteroatoms. The number of hydrogen-bond acceptors (Lipinski definition) is 9. The first-order valence-corrected chi connectivity index (χ1v) is 13.5. The van der Waals surface area contributed by atoms with Crippen LogP contribution in [0.2, 0.25) is 0 Å². The van der Waals surface area contributed by atoms with Crippen LogP contribution in [0.4, 0.5) is 14.3 Å². The number of ether oxygens (including phenoxy) is 3. The minimum absolute atomic E-state index is 0.118. The Morgan fingerprint density at radius 3 is 2.56 bits per heavy atom. The van der Waals surface area contributed by atoms with Crippen LogP contribution in [0.3, 0.4) is 0 Å². The monoisotopic (exact) mass is 562 g/mol. The van der Waals surface area contributed by atoms with Crippen molar-refractivity contribution in [1.82, 2.24) is 14.8 Å². The number of aromatic nitrogens is 1. The van der Waals surface area contributed by atoms with Gasteiger partial charge in [0.2, 0.25) is 0 Å². The number of aryl methyl sites for hydroxylation is 1. The van der Waals surface area contributed by atoms with Crippen molar-refractivity contribution < 1.29 is 28.2 Å². The van der Waals surface area contributed by atoms with Crippen LogP contribution in [0.1, 0.15) is 54.5 Å². The lowest BCUT2D eigenvalue weighted by atomic mass is 10.2. The number of carbonyl (C=O) groups excluding carboxylic acids is 2. The number of anilines is 1. The van der Waals surface area contributed by atoms with E-state index in [0.717, 1.165) is 24.4 Å². The lowest BCUT2D eigenvalue weighted by Gasteiger charge is -2.23. The second-order valence-corrected chi connectivity index (χ2v) is 11.2. The smallest absolute Gasteiger partial charge is 0.410 e. The molecule has 0 fully saturated rings. The molecule has 0 saturated heterocycles. The number of carbonyl (C=O) groups is 2. The standard InChI is InChI=1S/C28H39FN4O5S/c1-28(2,3)38-27(35)33(6)17-8-11-20-13-14-22(21(29)19-20)37-18-9-12-23-24(25(34)36-7)31-26(39-23)30-15-10-16-32(4)5/h13-14,19H,9-10,12,15-18H2,1-7H3,(H,30,31). The maximum atomic E-state index is 14.6. The normalized spacial score (nSPS) is 11.0. The molecule has 1 N–H and O–H groups in total. The molecule has 1 amide bonds. The number of amides is 1. The van der Waals surface area contributed by atoms with Gasteiger partial charge in [-0.2, -0.15) is 0 Å². The molecule has 0 atom stereocenters. The Morgan fingerprint density at radius 2 is 1.92 bits per heavy atom. The van der Waals surface area contributed by atoms with Crippen LogP contribution in [0.25, 0.3) is 0 Å². The Balaban J connectivity index is 1.88. The van der Waals surface area contributed by atoms with Crippen LogP contribution >= 0.6 is 11.3 Å². The molecular formula is C28H39FN4O5S. The van der Waals surface area contributed by atoms with Gasteiger partial charge in [-0.25, -0.2) is 19.0 Å². The van der Waals surface area contributed by atoms with Crippen molar-refractivity contribution in [1.29, 1.82) is 0 Å². The Hall–Kier alpha value is -3.36. The van der Waals surface area contributed by atoms with Crippen molar-refractivity contribution in [3.05, 3.63) is 40.2 Å². The molecule has 9 nitrogen and oxygen atoms in total. The van der Waals surface area contributed by atoms with Crippen molar-refractivity contribution >= 4 is 28.5 Å². The summed E-state index contributed by atoms with van der Waals surface area (Å²) in [5, 5.41) is 3.93. The van der Waals surface area contributed by atoms with Crippen molar-refractivity contribution in [2.75, 3.05) is 59.8 Å². The summed E-state index contributed by atoms with van der Waals surface area (Å²) in [4.78, 5) is 32.8. The highest BCUT2D eigenvalue weighted by atomic mass is 32.1. The maximum Gasteiger partial charge on any atom is 0.410 e. The van der Waals surface area contributed by atoms with Gasteiger partial charge in [-0.3, -0.25) is 0 Å². The summed E-state index contributed by atoms with van der Waals surface area (Å²) >= 11 is 1.41. The number of thiazole rings is 1. The number of hydrogen-bond donors (Lipinski definition) is 1. The molecule has 2 aromatic rings. The van der Waals surface area contributed by atoms with Gasteiger partial charge in [0.25, 0.3) is 0 Å².